The Morgan fingerprint density at radius 2 is 2.04 bits per heavy atom. The molecular weight excluding hydrogens is 382 g/mol. The monoisotopic (exact) mass is 399 g/mol. The van der Waals surface area contributed by atoms with Crippen LogP contribution >= 0.6 is 12.4 Å². The molecule has 28 heavy (non-hydrogen) atoms. The minimum atomic E-state index is -1.03. The highest BCUT2D eigenvalue weighted by Gasteiger charge is 2.20. The molecule has 0 bridgehead atoms. The van der Waals surface area contributed by atoms with E-state index in [4.69, 9.17) is 9.84 Å². The number of hydrogen-bond donors (Lipinski definition) is 3. The molecule has 0 radical (unpaired) electrons. The molecule has 0 atom stereocenters. The van der Waals surface area contributed by atoms with Gasteiger partial charge in [-0.3, -0.25) is 9.78 Å². The summed E-state index contributed by atoms with van der Waals surface area (Å²) in [5, 5.41) is 11.6. The number of hydrogen-bond acceptors (Lipinski definition) is 4. The van der Waals surface area contributed by atoms with Crippen molar-refractivity contribution in [3.8, 4) is 28.3 Å². The number of fused-ring (bicyclic) bond motifs is 1. The maximum atomic E-state index is 12.0. The highest BCUT2D eigenvalue weighted by molar-refractivity contribution is 5.97. The topological polar surface area (TPSA) is 104 Å². The van der Waals surface area contributed by atoms with Gasteiger partial charge >= 0.3 is 5.97 Å². The maximum Gasteiger partial charge on any atom is 0.341 e. The Kier molecular flexibility index (Phi) is 5.65. The van der Waals surface area contributed by atoms with Crippen molar-refractivity contribution in [3.05, 3.63) is 59.9 Å². The molecule has 0 spiro atoms. The van der Waals surface area contributed by atoms with E-state index in [1.165, 1.54) is 0 Å². The van der Waals surface area contributed by atoms with E-state index in [9.17, 15) is 9.59 Å². The SMILES string of the molecule is Cl.O=C(O)COc1cccc(-c2cc(-c3cc4c([nH]3)CCNC4=O)ccn2)c1. The van der Waals surface area contributed by atoms with Gasteiger partial charge in [-0.1, -0.05) is 12.1 Å². The number of pyridine rings is 1. The van der Waals surface area contributed by atoms with Crippen LogP contribution in [0.25, 0.3) is 22.5 Å². The van der Waals surface area contributed by atoms with Crippen LogP contribution in [0.15, 0.2) is 48.7 Å². The van der Waals surface area contributed by atoms with E-state index in [2.05, 4.69) is 15.3 Å². The summed E-state index contributed by atoms with van der Waals surface area (Å²) in [5.74, 6) is -0.620. The molecule has 0 fully saturated rings. The van der Waals surface area contributed by atoms with E-state index in [1.807, 2.05) is 24.3 Å². The minimum absolute atomic E-state index is 0. The largest absolute Gasteiger partial charge is 0.482 e. The van der Waals surface area contributed by atoms with Gasteiger partial charge in [-0.05, 0) is 30.3 Å². The Hall–Kier alpha value is -3.32. The van der Waals surface area contributed by atoms with Gasteiger partial charge in [-0.15, -0.1) is 12.4 Å². The lowest BCUT2D eigenvalue weighted by Crippen LogP contribution is -2.31. The number of nitrogens with one attached hydrogen (secondary N) is 2. The summed E-state index contributed by atoms with van der Waals surface area (Å²) in [6.45, 7) is 0.240. The number of aromatic amines is 1. The van der Waals surface area contributed by atoms with Gasteiger partial charge in [0, 0.05) is 41.7 Å². The molecule has 7 nitrogen and oxygen atoms in total. The van der Waals surface area contributed by atoms with Crippen molar-refractivity contribution in [1.82, 2.24) is 15.3 Å². The van der Waals surface area contributed by atoms with Crippen LogP contribution in [-0.4, -0.2) is 40.1 Å². The number of benzene rings is 1. The molecule has 0 saturated heterocycles. The van der Waals surface area contributed by atoms with Crippen LogP contribution in [0, 0.1) is 0 Å². The number of carbonyl (C=O) groups is 2. The number of rotatable bonds is 5. The Morgan fingerprint density at radius 3 is 2.82 bits per heavy atom. The lowest BCUT2D eigenvalue weighted by molar-refractivity contribution is -0.139. The number of aromatic nitrogens is 2. The number of carbonyl (C=O) groups excluding carboxylic acids is 1. The van der Waals surface area contributed by atoms with Crippen LogP contribution in [0.4, 0.5) is 0 Å². The van der Waals surface area contributed by atoms with Crippen molar-refractivity contribution in [2.24, 2.45) is 0 Å². The van der Waals surface area contributed by atoms with Crippen LogP contribution in [0.5, 0.6) is 5.75 Å². The fourth-order valence-corrected chi connectivity index (χ4v) is 3.10. The van der Waals surface area contributed by atoms with E-state index in [1.54, 1.807) is 24.4 Å². The second-order valence-corrected chi connectivity index (χ2v) is 6.22. The zero-order valence-corrected chi connectivity index (χ0v) is 15.6. The van der Waals surface area contributed by atoms with Gasteiger partial charge in [0.2, 0.25) is 0 Å². The quantitative estimate of drug-likeness (QED) is 0.612. The number of amides is 1. The number of carboxylic acid groups (broad SMARTS) is 1. The zero-order valence-electron chi connectivity index (χ0n) is 14.8. The number of halogens is 1. The van der Waals surface area contributed by atoms with Crippen molar-refractivity contribution in [1.29, 1.82) is 0 Å². The number of nitrogens with zero attached hydrogens (tertiary/aromatic N) is 1. The summed E-state index contributed by atoms with van der Waals surface area (Å²) in [4.78, 5) is 30.4. The predicted molar refractivity (Wildman–Crippen MR) is 106 cm³/mol. The lowest BCUT2D eigenvalue weighted by atomic mass is 10.1. The molecular formula is C20H18ClN3O4. The summed E-state index contributed by atoms with van der Waals surface area (Å²) in [6.07, 6.45) is 2.48. The molecule has 1 aliphatic heterocycles. The van der Waals surface area contributed by atoms with Crippen LogP contribution in [0.1, 0.15) is 16.1 Å². The van der Waals surface area contributed by atoms with Gasteiger partial charge in [-0.25, -0.2) is 4.79 Å². The number of aliphatic carboxylic acids is 1. The summed E-state index contributed by atoms with van der Waals surface area (Å²) in [5.41, 5.74) is 4.94. The third kappa shape index (κ3) is 3.99. The van der Waals surface area contributed by atoms with E-state index in [0.29, 0.717) is 17.9 Å². The summed E-state index contributed by atoms with van der Waals surface area (Å²) >= 11 is 0. The minimum Gasteiger partial charge on any atom is -0.482 e. The van der Waals surface area contributed by atoms with E-state index in [0.717, 1.165) is 34.6 Å². The molecule has 4 rings (SSSR count). The maximum absolute atomic E-state index is 12.0. The van der Waals surface area contributed by atoms with Gasteiger partial charge < -0.3 is 20.1 Å². The highest BCUT2D eigenvalue weighted by Crippen LogP contribution is 2.28. The standard InChI is InChI=1S/C20H17N3O4.ClH/c24-19(25)11-27-14-3-1-2-12(8-14)17-9-13(4-6-21-17)18-10-15-16(23-18)5-7-22-20(15)26;/h1-4,6,8-10,23H,5,7,11H2,(H,22,26)(H,24,25);1H. The molecule has 144 valence electrons. The average molecular weight is 400 g/mol. The van der Waals surface area contributed by atoms with E-state index in [-0.39, 0.29) is 18.3 Å². The molecule has 3 heterocycles. The molecule has 2 aromatic heterocycles. The first-order valence-electron chi connectivity index (χ1n) is 8.52. The molecule has 8 heteroatoms. The molecule has 3 aromatic rings. The summed E-state index contributed by atoms with van der Waals surface area (Å²) < 4.78 is 5.23. The number of H-pyrrole nitrogens is 1. The van der Waals surface area contributed by atoms with Crippen LogP contribution in [0.3, 0.4) is 0 Å². The van der Waals surface area contributed by atoms with Crippen LogP contribution in [-0.2, 0) is 11.2 Å². The number of ether oxygens (including phenoxy) is 1. The molecule has 1 aliphatic rings. The van der Waals surface area contributed by atoms with E-state index < -0.39 is 12.6 Å². The smallest absolute Gasteiger partial charge is 0.341 e. The molecule has 1 aromatic carbocycles. The van der Waals surface area contributed by atoms with Crippen molar-refractivity contribution >= 4 is 24.3 Å². The summed E-state index contributed by atoms with van der Waals surface area (Å²) in [6, 6.07) is 12.8. The molecule has 0 unspecified atom stereocenters. The molecule has 0 saturated carbocycles. The first-order valence-corrected chi connectivity index (χ1v) is 8.52. The second kappa shape index (κ2) is 8.14. The van der Waals surface area contributed by atoms with Gasteiger partial charge in [0.1, 0.15) is 5.75 Å². The highest BCUT2D eigenvalue weighted by atomic mass is 35.5. The molecule has 3 N–H and O–H groups in total. The first kappa shape index (κ1) is 19.4. The molecule has 1 amide bonds. The van der Waals surface area contributed by atoms with Crippen LogP contribution in [0.2, 0.25) is 0 Å². The second-order valence-electron chi connectivity index (χ2n) is 6.22. The Balaban J connectivity index is 0.00000225. The van der Waals surface area contributed by atoms with Gasteiger partial charge in [0.25, 0.3) is 5.91 Å². The lowest BCUT2D eigenvalue weighted by Gasteiger charge is -2.11. The van der Waals surface area contributed by atoms with Crippen molar-refractivity contribution < 1.29 is 19.4 Å². The average Bonchev–Trinajstić information content (AvgIpc) is 3.13. The third-order valence-corrected chi connectivity index (χ3v) is 4.37. The van der Waals surface area contributed by atoms with Gasteiger partial charge in [0.05, 0.1) is 11.3 Å². The summed E-state index contributed by atoms with van der Waals surface area (Å²) in [7, 11) is 0. The van der Waals surface area contributed by atoms with Crippen LogP contribution < -0.4 is 10.1 Å². The third-order valence-electron chi connectivity index (χ3n) is 4.37. The fourth-order valence-electron chi connectivity index (χ4n) is 3.10. The van der Waals surface area contributed by atoms with Gasteiger partial charge in [-0.2, -0.15) is 0 Å². The first-order chi connectivity index (χ1) is 13.1. The van der Waals surface area contributed by atoms with Crippen molar-refractivity contribution in [3.63, 3.8) is 0 Å². The normalized spacial score (nSPS) is 12.5. The Morgan fingerprint density at radius 1 is 1.18 bits per heavy atom. The molecule has 0 aliphatic carbocycles. The Labute approximate surface area is 167 Å². The fraction of sp³-hybridized carbons (Fsp3) is 0.150. The van der Waals surface area contributed by atoms with E-state index >= 15 is 0 Å². The number of carboxylic acids is 1. The predicted octanol–water partition coefficient (Wildman–Crippen LogP) is 2.91. The van der Waals surface area contributed by atoms with Gasteiger partial charge in [0.15, 0.2) is 6.61 Å². The zero-order chi connectivity index (χ0) is 18.8. The van der Waals surface area contributed by atoms with Crippen molar-refractivity contribution in [2.45, 2.75) is 6.42 Å². The Bertz CT molecular complexity index is 1030. The van der Waals surface area contributed by atoms with Crippen molar-refractivity contribution in [2.75, 3.05) is 13.2 Å².